The lowest BCUT2D eigenvalue weighted by Crippen LogP contribution is -2.34. The Morgan fingerprint density at radius 2 is 2.20 bits per heavy atom. The molecule has 1 unspecified atom stereocenters. The van der Waals surface area contributed by atoms with Gasteiger partial charge in [-0.15, -0.1) is 24.0 Å². The van der Waals surface area contributed by atoms with Crippen molar-refractivity contribution < 1.29 is 4.21 Å². The molecule has 15 heavy (non-hydrogen) atoms. The molecule has 4 nitrogen and oxygen atoms in total. The molecule has 0 aromatic carbocycles. The molecule has 0 amide bonds. The zero-order valence-corrected chi connectivity index (χ0v) is 12.0. The molecule has 88 valence electrons. The second-order valence-electron chi connectivity index (χ2n) is 4.26. The van der Waals surface area contributed by atoms with Crippen LogP contribution in [0.4, 0.5) is 0 Å². The molecule has 0 aromatic rings. The fourth-order valence-corrected chi connectivity index (χ4v) is 2.31. The maximum atomic E-state index is 11.4. The van der Waals surface area contributed by atoms with E-state index in [4.69, 9.17) is 5.73 Å². The minimum atomic E-state index is -0.769. The molecule has 0 heterocycles. The van der Waals surface area contributed by atoms with E-state index in [1.54, 1.807) is 6.26 Å². The zero-order chi connectivity index (χ0) is 10.2. The van der Waals surface area contributed by atoms with Gasteiger partial charge in [0.25, 0.3) is 0 Å². The van der Waals surface area contributed by atoms with Crippen LogP contribution in [-0.2, 0) is 10.8 Å². The number of hydrogen-bond acceptors (Lipinski definition) is 2. The van der Waals surface area contributed by atoms with Crippen molar-refractivity contribution >= 4 is 40.7 Å². The molecule has 0 saturated heterocycles. The number of nitrogens with one attached hydrogen (secondary N) is 1. The monoisotopic (exact) mass is 343 g/mol. The van der Waals surface area contributed by atoms with Crippen LogP contribution in [0.2, 0.25) is 0 Å². The van der Waals surface area contributed by atoms with Crippen molar-refractivity contribution in [2.24, 2.45) is 10.7 Å². The van der Waals surface area contributed by atoms with E-state index in [1.165, 1.54) is 12.8 Å². The SMILES string of the molecule is CS(=O)C1(CN=C(N)NC2CC2)CC1.I. The summed E-state index contributed by atoms with van der Waals surface area (Å²) in [5, 5.41) is 3.12. The second kappa shape index (κ2) is 4.99. The summed E-state index contributed by atoms with van der Waals surface area (Å²) in [5.41, 5.74) is 5.69. The number of guanidine groups is 1. The summed E-state index contributed by atoms with van der Waals surface area (Å²) in [4.78, 5) is 4.25. The quantitative estimate of drug-likeness (QED) is 0.446. The highest BCUT2D eigenvalue weighted by atomic mass is 127. The van der Waals surface area contributed by atoms with Crippen LogP contribution in [0.1, 0.15) is 25.7 Å². The van der Waals surface area contributed by atoms with Crippen molar-refractivity contribution in [3.8, 4) is 0 Å². The Bertz CT molecular complexity index is 287. The largest absolute Gasteiger partial charge is 0.370 e. The Kier molecular flexibility index (Phi) is 4.39. The molecule has 6 heteroatoms. The minimum absolute atomic E-state index is 0. The molecule has 2 saturated carbocycles. The van der Waals surface area contributed by atoms with E-state index < -0.39 is 10.8 Å². The predicted molar refractivity (Wildman–Crippen MR) is 74.1 cm³/mol. The first-order valence-electron chi connectivity index (χ1n) is 5.02. The fraction of sp³-hybridized carbons (Fsp3) is 0.889. The standard InChI is InChI=1S/C9H17N3OS.HI/c1-14(13)9(4-5-9)6-11-8(10)12-7-2-3-7;/h7H,2-6H2,1H3,(H3,10,11,12);1H. The molecular formula is C9H18IN3OS. The van der Waals surface area contributed by atoms with Crippen molar-refractivity contribution in [2.75, 3.05) is 12.8 Å². The van der Waals surface area contributed by atoms with Crippen LogP contribution in [0.25, 0.3) is 0 Å². The molecule has 0 radical (unpaired) electrons. The van der Waals surface area contributed by atoms with Gasteiger partial charge < -0.3 is 11.1 Å². The first-order chi connectivity index (χ1) is 6.62. The highest BCUT2D eigenvalue weighted by molar-refractivity contribution is 14.0. The second-order valence-corrected chi connectivity index (χ2v) is 6.03. The first kappa shape index (κ1) is 13.2. The summed E-state index contributed by atoms with van der Waals surface area (Å²) in [7, 11) is -0.769. The van der Waals surface area contributed by atoms with Crippen molar-refractivity contribution in [3.05, 3.63) is 0 Å². The van der Waals surface area contributed by atoms with Crippen LogP contribution >= 0.6 is 24.0 Å². The molecule has 2 fully saturated rings. The lowest BCUT2D eigenvalue weighted by Gasteiger charge is -2.09. The highest BCUT2D eigenvalue weighted by Crippen LogP contribution is 2.41. The van der Waals surface area contributed by atoms with Crippen molar-refractivity contribution in [2.45, 2.75) is 36.5 Å². The predicted octanol–water partition coefficient (Wildman–Crippen LogP) is 0.582. The van der Waals surface area contributed by atoms with Crippen molar-refractivity contribution in [1.29, 1.82) is 0 Å². The summed E-state index contributed by atoms with van der Waals surface area (Å²) < 4.78 is 11.3. The van der Waals surface area contributed by atoms with Gasteiger partial charge in [0.05, 0.1) is 11.3 Å². The Labute approximate surface area is 110 Å². The van der Waals surface area contributed by atoms with Crippen molar-refractivity contribution in [3.63, 3.8) is 0 Å². The minimum Gasteiger partial charge on any atom is -0.370 e. The fourth-order valence-electron chi connectivity index (χ4n) is 1.39. The van der Waals surface area contributed by atoms with Gasteiger partial charge in [-0.2, -0.15) is 0 Å². The Balaban J connectivity index is 0.00000112. The van der Waals surface area contributed by atoms with Gasteiger partial charge in [-0.05, 0) is 25.7 Å². The van der Waals surface area contributed by atoms with E-state index in [-0.39, 0.29) is 28.7 Å². The van der Waals surface area contributed by atoms with E-state index in [2.05, 4.69) is 10.3 Å². The Morgan fingerprint density at radius 1 is 1.60 bits per heavy atom. The normalized spacial score (nSPS) is 25.3. The van der Waals surface area contributed by atoms with E-state index in [0.717, 1.165) is 12.8 Å². The van der Waals surface area contributed by atoms with Gasteiger partial charge in [-0.25, -0.2) is 0 Å². The van der Waals surface area contributed by atoms with Crippen molar-refractivity contribution in [1.82, 2.24) is 5.32 Å². The van der Waals surface area contributed by atoms with Gasteiger partial charge in [-0.3, -0.25) is 9.20 Å². The van der Waals surface area contributed by atoms with E-state index in [1.807, 2.05) is 0 Å². The molecule has 0 bridgehead atoms. The summed E-state index contributed by atoms with van der Waals surface area (Å²) in [6.45, 7) is 0.613. The van der Waals surface area contributed by atoms with Crippen LogP contribution < -0.4 is 11.1 Å². The smallest absolute Gasteiger partial charge is 0.188 e. The molecule has 2 aliphatic carbocycles. The molecule has 0 aromatic heterocycles. The number of aliphatic imine (C=N–C) groups is 1. The number of hydrogen-bond donors (Lipinski definition) is 2. The van der Waals surface area contributed by atoms with Crippen LogP contribution in [0.3, 0.4) is 0 Å². The average molecular weight is 343 g/mol. The molecule has 2 aliphatic rings. The lowest BCUT2D eigenvalue weighted by atomic mass is 10.4. The van der Waals surface area contributed by atoms with Crippen LogP contribution in [0.15, 0.2) is 4.99 Å². The number of halogens is 1. The van der Waals surface area contributed by atoms with Crippen LogP contribution in [-0.4, -0.2) is 33.8 Å². The average Bonchev–Trinajstić information content (AvgIpc) is 2.97. The summed E-state index contributed by atoms with van der Waals surface area (Å²) in [6, 6.07) is 0.543. The third-order valence-corrected chi connectivity index (χ3v) is 4.64. The molecule has 1 atom stereocenters. The van der Waals surface area contributed by atoms with Gasteiger partial charge in [0.1, 0.15) is 0 Å². The Hall–Kier alpha value is 0.150. The summed E-state index contributed by atoms with van der Waals surface area (Å²) >= 11 is 0. The van der Waals surface area contributed by atoms with Gasteiger partial charge >= 0.3 is 0 Å². The molecular weight excluding hydrogens is 325 g/mol. The summed E-state index contributed by atoms with van der Waals surface area (Å²) in [6.07, 6.45) is 6.20. The van der Waals surface area contributed by atoms with Crippen LogP contribution in [0, 0.1) is 0 Å². The molecule has 0 aliphatic heterocycles. The van der Waals surface area contributed by atoms with Gasteiger partial charge in [0.15, 0.2) is 5.96 Å². The number of nitrogens with two attached hydrogens (primary N) is 1. The Morgan fingerprint density at radius 3 is 2.60 bits per heavy atom. The van der Waals surface area contributed by atoms with Gasteiger partial charge in [-0.1, -0.05) is 0 Å². The third kappa shape index (κ3) is 3.58. The zero-order valence-electron chi connectivity index (χ0n) is 8.86. The van der Waals surface area contributed by atoms with E-state index in [9.17, 15) is 4.21 Å². The lowest BCUT2D eigenvalue weighted by molar-refractivity contribution is 0.671. The number of rotatable bonds is 4. The maximum Gasteiger partial charge on any atom is 0.188 e. The molecule has 2 rings (SSSR count). The molecule has 3 N–H and O–H groups in total. The third-order valence-electron chi connectivity index (χ3n) is 2.88. The van der Waals surface area contributed by atoms with Gasteiger partial charge in [0, 0.05) is 23.1 Å². The van der Waals surface area contributed by atoms with Crippen LogP contribution in [0.5, 0.6) is 0 Å². The van der Waals surface area contributed by atoms with E-state index >= 15 is 0 Å². The maximum absolute atomic E-state index is 11.4. The first-order valence-corrected chi connectivity index (χ1v) is 6.58. The van der Waals surface area contributed by atoms with Gasteiger partial charge in [0.2, 0.25) is 0 Å². The number of nitrogens with zero attached hydrogens (tertiary/aromatic N) is 1. The highest BCUT2D eigenvalue weighted by Gasteiger charge is 2.46. The topological polar surface area (TPSA) is 67.5 Å². The molecule has 0 spiro atoms. The van der Waals surface area contributed by atoms with E-state index in [0.29, 0.717) is 18.5 Å². The summed E-state index contributed by atoms with van der Waals surface area (Å²) in [5.74, 6) is 0.518.